The van der Waals surface area contributed by atoms with Crippen LogP contribution in [0.25, 0.3) is 11.2 Å². The third kappa shape index (κ3) is 5.95. The van der Waals surface area contributed by atoms with Gasteiger partial charge in [0.2, 0.25) is 5.91 Å². The van der Waals surface area contributed by atoms with Crippen molar-refractivity contribution >= 4 is 22.9 Å². The monoisotopic (exact) mass is 542 g/mol. The van der Waals surface area contributed by atoms with Gasteiger partial charge in [-0.25, -0.2) is 15.0 Å². The highest BCUT2D eigenvalue weighted by Gasteiger charge is 2.46. The van der Waals surface area contributed by atoms with Crippen LogP contribution in [0.3, 0.4) is 0 Å². The normalized spacial score (nSPS) is 20.3. The van der Waals surface area contributed by atoms with Gasteiger partial charge in [-0.2, -0.15) is 0 Å². The molecular weight excluding hydrogens is 512 g/mol. The van der Waals surface area contributed by atoms with Crippen molar-refractivity contribution in [1.29, 1.82) is 0 Å². The Bertz CT molecular complexity index is 1420. The first kappa shape index (κ1) is 27.2. The van der Waals surface area contributed by atoms with Crippen LogP contribution in [-0.4, -0.2) is 73.7 Å². The Morgan fingerprint density at radius 2 is 1.75 bits per heavy atom. The van der Waals surface area contributed by atoms with Gasteiger partial charge in [-0.15, -0.1) is 6.42 Å². The highest BCUT2D eigenvalue weighted by molar-refractivity contribution is 5.83. The molecule has 0 spiro atoms. The van der Waals surface area contributed by atoms with Crippen molar-refractivity contribution < 1.29 is 24.5 Å². The highest BCUT2D eigenvalue weighted by Crippen LogP contribution is 2.35. The maximum absolute atomic E-state index is 12.1. The summed E-state index contributed by atoms with van der Waals surface area (Å²) in [6.45, 7) is 0.436. The minimum atomic E-state index is -1.19. The van der Waals surface area contributed by atoms with Gasteiger partial charge < -0.3 is 29.9 Å². The van der Waals surface area contributed by atoms with Gasteiger partial charge in [0.25, 0.3) is 0 Å². The zero-order valence-corrected chi connectivity index (χ0v) is 21.7. The average molecular weight is 543 g/mol. The molecule has 1 aliphatic rings. The second kappa shape index (κ2) is 12.7. The van der Waals surface area contributed by atoms with Crippen LogP contribution in [0, 0.1) is 12.3 Å². The number of amides is 1. The third-order valence-corrected chi connectivity index (χ3v) is 6.63. The van der Waals surface area contributed by atoms with Crippen molar-refractivity contribution in [3.63, 3.8) is 0 Å². The second-order valence-corrected chi connectivity index (χ2v) is 9.34. The SMILES string of the molecule is C#CCNC(=O)CO[C@@H]1[C@H](O)[C@@H](CO)O[C@H]1n1cnc2c(N(Cc3ccccc3)Cc3ccccc3)ncnc21. The molecule has 4 atom stereocenters. The molecule has 2 aromatic carbocycles. The van der Waals surface area contributed by atoms with E-state index in [0.29, 0.717) is 30.1 Å². The largest absolute Gasteiger partial charge is 0.394 e. The average Bonchev–Trinajstić information content (AvgIpc) is 3.56. The van der Waals surface area contributed by atoms with Crippen molar-refractivity contribution in [2.75, 3.05) is 24.7 Å². The van der Waals surface area contributed by atoms with E-state index in [1.54, 1.807) is 4.57 Å². The molecule has 1 aliphatic heterocycles. The van der Waals surface area contributed by atoms with E-state index in [-0.39, 0.29) is 13.2 Å². The molecule has 1 saturated heterocycles. The van der Waals surface area contributed by atoms with Crippen LogP contribution in [0.15, 0.2) is 73.3 Å². The maximum atomic E-state index is 12.1. The number of aliphatic hydroxyl groups excluding tert-OH is 2. The van der Waals surface area contributed by atoms with E-state index in [0.717, 1.165) is 11.1 Å². The number of fused-ring (bicyclic) bond motifs is 1. The molecule has 0 saturated carbocycles. The van der Waals surface area contributed by atoms with Crippen LogP contribution in [0.4, 0.5) is 5.82 Å². The Labute approximate surface area is 231 Å². The summed E-state index contributed by atoms with van der Waals surface area (Å²) in [7, 11) is 0. The van der Waals surface area contributed by atoms with Gasteiger partial charge in [-0.1, -0.05) is 66.6 Å². The zero-order chi connectivity index (χ0) is 27.9. The summed E-state index contributed by atoms with van der Waals surface area (Å²) < 4.78 is 13.3. The number of nitrogens with one attached hydrogen (secondary N) is 1. The van der Waals surface area contributed by atoms with Gasteiger partial charge in [0.1, 0.15) is 31.2 Å². The predicted molar refractivity (Wildman–Crippen MR) is 147 cm³/mol. The molecule has 5 rings (SSSR count). The number of nitrogens with zero attached hydrogens (tertiary/aromatic N) is 5. The van der Waals surface area contributed by atoms with Crippen LogP contribution < -0.4 is 10.2 Å². The number of aromatic nitrogens is 4. The van der Waals surface area contributed by atoms with Crippen LogP contribution in [0.1, 0.15) is 17.4 Å². The fraction of sp³-hybridized carbons (Fsp3) is 0.310. The summed E-state index contributed by atoms with van der Waals surface area (Å²) in [6.07, 6.45) is 4.19. The summed E-state index contributed by atoms with van der Waals surface area (Å²) in [6, 6.07) is 20.1. The molecule has 11 nitrogen and oxygen atoms in total. The lowest BCUT2D eigenvalue weighted by Gasteiger charge is -2.25. The number of hydrogen-bond donors (Lipinski definition) is 3. The van der Waals surface area contributed by atoms with Crippen LogP contribution in [0.2, 0.25) is 0 Å². The smallest absolute Gasteiger partial charge is 0.246 e. The number of terminal acetylenes is 1. The highest BCUT2D eigenvalue weighted by atomic mass is 16.6. The van der Waals surface area contributed by atoms with Crippen molar-refractivity contribution in [1.82, 2.24) is 24.8 Å². The summed E-state index contributed by atoms with van der Waals surface area (Å²) in [5.41, 5.74) is 3.20. The first-order valence-electron chi connectivity index (χ1n) is 12.9. The van der Waals surface area contributed by atoms with Gasteiger partial charge in [0, 0.05) is 13.1 Å². The van der Waals surface area contributed by atoms with Crippen LogP contribution in [0.5, 0.6) is 0 Å². The van der Waals surface area contributed by atoms with Crippen molar-refractivity contribution in [3.8, 4) is 12.3 Å². The van der Waals surface area contributed by atoms with Crippen molar-refractivity contribution in [3.05, 3.63) is 84.4 Å². The zero-order valence-electron chi connectivity index (χ0n) is 21.7. The van der Waals surface area contributed by atoms with Crippen molar-refractivity contribution in [2.24, 2.45) is 0 Å². The minimum absolute atomic E-state index is 0.0585. The number of ether oxygens (including phenoxy) is 2. The third-order valence-electron chi connectivity index (χ3n) is 6.63. The number of benzene rings is 2. The Morgan fingerprint density at radius 3 is 2.38 bits per heavy atom. The molecule has 11 heteroatoms. The summed E-state index contributed by atoms with van der Waals surface area (Å²) in [5.74, 6) is 2.51. The number of carbonyl (C=O) groups is 1. The second-order valence-electron chi connectivity index (χ2n) is 9.34. The van der Waals surface area contributed by atoms with E-state index in [4.69, 9.17) is 15.9 Å². The van der Waals surface area contributed by atoms with E-state index in [1.807, 2.05) is 36.4 Å². The molecule has 1 fully saturated rings. The van der Waals surface area contributed by atoms with Crippen molar-refractivity contribution in [2.45, 2.75) is 37.6 Å². The quantitative estimate of drug-likeness (QED) is 0.241. The Morgan fingerprint density at radius 1 is 1.07 bits per heavy atom. The minimum Gasteiger partial charge on any atom is -0.394 e. The summed E-state index contributed by atoms with van der Waals surface area (Å²) in [4.78, 5) is 27.9. The molecule has 2 aromatic heterocycles. The molecule has 0 unspecified atom stereocenters. The van der Waals surface area contributed by atoms with E-state index in [9.17, 15) is 15.0 Å². The number of anilines is 1. The standard InChI is InChI=1S/C29H30N6O5/c1-2-13-30-23(37)17-39-26-25(38)22(16-36)40-29(26)35-19-33-24-27(31-18-32-28(24)35)34(14-20-9-5-3-6-10-20)15-21-11-7-4-8-12-21/h1,3-12,18-19,22,25-26,29,36,38H,13-17H2,(H,30,37)/t22-,25-,26-,29-/m1/s1. The van der Waals surface area contributed by atoms with Gasteiger partial charge >= 0.3 is 0 Å². The number of aliphatic hydroxyl groups is 2. The summed E-state index contributed by atoms with van der Waals surface area (Å²) in [5, 5.41) is 23.1. The van der Waals surface area contributed by atoms with E-state index in [1.165, 1.54) is 12.7 Å². The number of rotatable bonds is 11. The Hall–Kier alpha value is -4.34. The van der Waals surface area contributed by atoms with Crippen LogP contribution in [-0.2, 0) is 27.4 Å². The molecule has 0 radical (unpaired) electrons. The Kier molecular flexibility index (Phi) is 8.63. The first-order chi connectivity index (χ1) is 19.6. The van der Waals surface area contributed by atoms with Gasteiger partial charge in [0.05, 0.1) is 19.5 Å². The molecule has 3 N–H and O–H groups in total. The van der Waals surface area contributed by atoms with Gasteiger partial charge in [0.15, 0.2) is 23.2 Å². The lowest BCUT2D eigenvalue weighted by Crippen LogP contribution is -2.38. The molecule has 0 bridgehead atoms. The molecule has 4 aromatic rings. The predicted octanol–water partition coefficient (Wildman–Crippen LogP) is 1.42. The van der Waals surface area contributed by atoms with Crippen LogP contribution >= 0.6 is 0 Å². The fourth-order valence-corrected chi connectivity index (χ4v) is 4.72. The molecular formula is C29H30N6O5. The van der Waals surface area contributed by atoms with E-state index >= 15 is 0 Å². The van der Waals surface area contributed by atoms with Gasteiger partial charge in [-0.3, -0.25) is 9.36 Å². The van der Waals surface area contributed by atoms with E-state index < -0.39 is 37.1 Å². The maximum Gasteiger partial charge on any atom is 0.246 e. The molecule has 0 aliphatic carbocycles. The number of imidazole rings is 1. The topological polar surface area (TPSA) is 135 Å². The lowest BCUT2D eigenvalue weighted by atomic mass is 10.1. The number of carbonyl (C=O) groups excluding carboxylic acids is 1. The molecule has 206 valence electrons. The van der Waals surface area contributed by atoms with E-state index in [2.05, 4.69) is 55.4 Å². The summed E-state index contributed by atoms with van der Waals surface area (Å²) >= 11 is 0. The fourth-order valence-electron chi connectivity index (χ4n) is 4.72. The number of hydrogen-bond acceptors (Lipinski definition) is 9. The Balaban J connectivity index is 1.47. The van der Waals surface area contributed by atoms with Gasteiger partial charge in [-0.05, 0) is 11.1 Å². The molecule has 1 amide bonds. The lowest BCUT2D eigenvalue weighted by molar-refractivity contribution is -0.132. The first-order valence-corrected chi connectivity index (χ1v) is 12.9. The molecule has 3 heterocycles. The molecule has 40 heavy (non-hydrogen) atoms.